The summed E-state index contributed by atoms with van der Waals surface area (Å²) in [6.07, 6.45) is 0.0834. The second kappa shape index (κ2) is 7.37. The molecule has 0 saturated heterocycles. The van der Waals surface area contributed by atoms with E-state index >= 15 is 0 Å². The Kier molecular flexibility index (Phi) is 5.47. The van der Waals surface area contributed by atoms with Gasteiger partial charge in [0.2, 0.25) is 0 Å². The minimum absolute atomic E-state index is 0.0834. The average Bonchev–Trinajstić information content (AvgIpc) is 2.59. The molecule has 0 N–H and O–H groups in total. The predicted octanol–water partition coefficient (Wildman–Crippen LogP) is 3.27. The van der Waals surface area contributed by atoms with Gasteiger partial charge in [-0.1, -0.05) is 23.8 Å². The summed E-state index contributed by atoms with van der Waals surface area (Å²) in [5.41, 5.74) is 1.66. The Hall–Kier alpha value is -2.52. The normalized spacial score (nSPS) is 12.2. The molecule has 5 nitrogen and oxygen atoms in total. The third-order valence-electron chi connectivity index (χ3n) is 3.71. The number of aryl methyl sites for hydroxylation is 1. The molecule has 0 radical (unpaired) electrons. The van der Waals surface area contributed by atoms with Gasteiger partial charge in [-0.2, -0.15) is 0 Å². The SMILES string of the molecule is [C-]#[N+]C(Cc1ccc(OC)c(OC)c1)S(=O)(=O)c1ccc(C)cc1. The maximum Gasteiger partial charge on any atom is 0.329 e. The zero-order valence-electron chi connectivity index (χ0n) is 13.8. The number of hydrogen-bond acceptors (Lipinski definition) is 4. The summed E-state index contributed by atoms with van der Waals surface area (Å²) in [6, 6.07) is 11.7. The Morgan fingerprint density at radius 2 is 1.67 bits per heavy atom. The van der Waals surface area contributed by atoms with E-state index in [0.29, 0.717) is 17.1 Å². The zero-order chi connectivity index (χ0) is 17.7. The van der Waals surface area contributed by atoms with Crippen LogP contribution < -0.4 is 9.47 Å². The summed E-state index contributed by atoms with van der Waals surface area (Å²) in [4.78, 5) is 3.50. The average molecular weight is 345 g/mol. The summed E-state index contributed by atoms with van der Waals surface area (Å²) >= 11 is 0. The van der Waals surface area contributed by atoms with E-state index in [2.05, 4.69) is 4.85 Å². The fraction of sp³-hybridized carbons (Fsp3) is 0.278. The van der Waals surface area contributed by atoms with Gasteiger partial charge in [-0.3, -0.25) is 4.85 Å². The molecule has 0 aliphatic rings. The van der Waals surface area contributed by atoms with Crippen molar-refractivity contribution in [3.63, 3.8) is 0 Å². The predicted molar refractivity (Wildman–Crippen MR) is 92.0 cm³/mol. The van der Waals surface area contributed by atoms with E-state index in [4.69, 9.17) is 16.0 Å². The first-order valence-electron chi connectivity index (χ1n) is 7.30. The highest BCUT2D eigenvalue weighted by Crippen LogP contribution is 2.29. The molecule has 24 heavy (non-hydrogen) atoms. The minimum atomic E-state index is -3.73. The first kappa shape index (κ1) is 17.8. The largest absolute Gasteiger partial charge is 0.493 e. The maximum absolute atomic E-state index is 12.7. The first-order chi connectivity index (χ1) is 11.4. The molecule has 1 unspecified atom stereocenters. The van der Waals surface area contributed by atoms with Crippen LogP contribution in [0, 0.1) is 13.5 Å². The Bertz CT molecular complexity index is 852. The lowest BCUT2D eigenvalue weighted by Gasteiger charge is -2.11. The van der Waals surface area contributed by atoms with Gasteiger partial charge in [-0.25, -0.2) is 15.0 Å². The number of rotatable bonds is 6. The second-order valence-electron chi connectivity index (χ2n) is 5.34. The Morgan fingerprint density at radius 3 is 2.21 bits per heavy atom. The number of sulfone groups is 1. The molecular formula is C18H19NO4S. The molecule has 0 saturated carbocycles. The van der Waals surface area contributed by atoms with Crippen LogP contribution in [0.15, 0.2) is 47.4 Å². The number of benzene rings is 2. The standard InChI is InChI=1S/C18H19NO4S/c1-13-5-8-15(9-6-13)24(20,21)18(19-2)12-14-7-10-16(22-3)17(11-14)23-4/h5-11,18H,12H2,1,3-4H3. The van der Waals surface area contributed by atoms with Crippen molar-refractivity contribution in [2.75, 3.05) is 14.2 Å². The van der Waals surface area contributed by atoms with Crippen LogP contribution in [-0.4, -0.2) is 28.0 Å². The summed E-state index contributed by atoms with van der Waals surface area (Å²) in [5.74, 6) is 1.06. The number of nitrogens with zero attached hydrogens (tertiary/aromatic N) is 1. The molecule has 0 aliphatic heterocycles. The molecule has 126 valence electrons. The molecular weight excluding hydrogens is 326 g/mol. The molecule has 1 atom stereocenters. The van der Waals surface area contributed by atoms with E-state index in [1.165, 1.54) is 26.4 Å². The highest BCUT2D eigenvalue weighted by atomic mass is 32.2. The van der Waals surface area contributed by atoms with Gasteiger partial charge in [0.05, 0.1) is 25.5 Å². The molecule has 0 fully saturated rings. The van der Waals surface area contributed by atoms with Crippen LogP contribution in [0.2, 0.25) is 0 Å². The smallest absolute Gasteiger partial charge is 0.329 e. The van der Waals surface area contributed by atoms with Gasteiger partial charge in [-0.05, 0) is 36.8 Å². The van der Waals surface area contributed by atoms with Crippen molar-refractivity contribution in [2.24, 2.45) is 0 Å². The lowest BCUT2D eigenvalue weighted by Crippen LogP contribution is -2.20. The molecule has 2 aromatic carbocycles. The molecule has 6 heteroatoms. The van der Waals surface area contributed by atoms with Crippen LogP contribution in [0.3, 0.4) is 0 Å². The highest BCUT2D eigenvalue weighted by Gasteiger charge is 2.33. The van der Waals surface area contributed by atoms with Crippen molar-refractivity contribution < 1.29 is 17.9 Å². The van der Waals surface area contributed by atoms with Gasteiger partial charge in [0.25, 0.3) is 9.84 Å². The van der Waals surface area contributed by atoms with Gasteiger partial charge < -0.3 is 9.47 Å². The minimum Gasteiger partial charge on any atom is -0.493 e. The molecule has 2 rings (SSSR count). The zero-order valence-corrected chi connectivity index (χ0v) is 14.6. The summed E-state index contributed by atoms with van der Waals surface area (Å²) in [7, 11) is -0.688. The third kappa shape index (κ3) is 3.69. The molecule has 2 aromatic rings. The van der Waals surface area contributed by atoms with Crippen molar-refractivity contribution in [1.82, 2.24) is 0 Å². The van der Waals surface area contributed by atoms with Crippen LogP contribution in [-0.2, 0) is 16.3 Å². The van der Waals surface area contributed by atoms with Crippen molar-refractivity contribution in [2.45, 2.75) is 23.6 Å². The molecule has 0 aromatic heterocycles. The molecule has 0 spiro atoms. The number of hydrogen-bond donors (Lipinski definition) is 0. The van der Waals surface area contributed by atoms with E-state index in [0.717, 1.165) is 5.56 Å². The quantitative estimate of drug-likeness (QED) is 0.754. The molecule has 0 heterocycles. The van der Waals surface area contributed by atoms with E-state index in [1.807, 2.05) is 6.92 Å². The van der Waals surface area contributed by atoms with Crippen molar-refractivity contribution in [3.8, 4) is 11.5 Å². The Balaban J connectivity index is 2.32. The van der Waals surface area contributed by atoms with E-state index in [1.54, 1.807) is 30.3 Å². The van der Waals surface area contributed by atoms with Crippen LogP contribution in [0.5, 0.6) is 11.5 Å². The van der Waals surface area contributed by atoms with E-state index < -0.39 is 15.2 Å². The number of methoxy groups -OCH3 is 2. The fourth-order valence-corrected chi connectivity index (χ4v) is 3.70. The van der Waals surface area contributed by atoms with Gasteiger partial charge in [-0.15, -0.1) is 0 Å². The third-order valence-corrected chi connectivity index (χ3v) is 5.63. The molecule has 0 bridgehead atoms. The van der Waals surface area contributed by atoms with Crippen LogP contribution in [0.1, 0.15) is 11.1 Å². The Morgan fingerprint density at radius 1 is 1.04 bits per heavy atom. The van der Waals surface area contributed by atoms with Gasteiger partial charge in [0.1, 0.15) is 0 Å². The number of ether oxygens (including phenoxy) is 2. The van der Waals surface area contributed by atoms with Crippen LogP contribution in [0.4, 0.5) is 0 Å². The van der Waals surface area contributed by atoms with Gasteiger partial charge >= 0.3 is 5.37 Å². The van der Waals surface area contributed by atoms with E-state index in [-0.39, 0.29) is 11.3 Å². The van der Waals surface area contributed by atoms with Gasteiger partial charge in [0.15, 0.2) is 11.5 Å². The van der Waals surface area contributed by atoms with Crippen molar-refractivity contribution in [3.05, 3.63) is 65.0 Å². The fourth-order valence-electron chi connectivity index (χ4n) is 2.32. The highest BCUT2D eigenvalue weighted by molar-refractivity contribution is 7.92. The van der Waals surface area contributed by atoms with Crippen molar-refractivity contribution in [1.29, 1.82) is 0 Å². The van der Waals surface area contributed by atoms with Crippen LogP contribution in [0.25, 0.3) is 4.85 Å². The van der Waals surface area contributed by atoms with Gasteiger partial charge in [0, 0.05) is 0 Å². The topological polar surface area (TPSA) is 57.0 Å². The monoisotopic (exact) mass is 345 g/mol. The first-order valence-corrected chi connectivity index (χ1v) is 8.85. The Labute approximate surface area is 142 Å². The maximum atomic E-state index is 12.7. The summed E-state index contributed by atoms with van der Waals surface area (Å²) in [6.45, 7) is 9.20. The van der Waals surface area contributed by atoms with E-state index in [9.17, 15) is 8.42 Å². The molecule has 0 aliphatic carbocycles. The van der Waals surface area contributed by atoms with Crippen LogP contribution >= 0.6 is 0 Å². The summed E-state index contributed by atoms with van der Waals surface area (Å²) < 4.78 is 35.8. The summed E-state index contributed by atoms with van der Waals surface area (Å²) in [5, 5.41) is -1.18. The molecule has 0 amide bonds. The van der Waals surface area contributed by atoms with Crippen molar-refractivity contribution >= 4 is 9.84 Å². The lowest BCUT2D eigenvalue weighted by atomic mass is 10.1. The second-order valence-corrected chi connectivity index (χ2v) is 7.44. The lowest BCUT2D eigenvalue weighted by molar-refractivity contribution is 0.354.